The van der Waals surface area contributed by atoms with Crippen molar-refractivity contribution in [2.24, 2.45) is 5.92 Å². The summed E-state index contributed by atoms with van der Waals surface area (Å²) in [4.78, 5) is 10.2. The summed E-state index contributed by atoms with van der Waals surface area (Å²) in [7, 11) is -3.69. The van der Waals surface area contributed by atoms with E-state index < -0.39 is 14.9 Å². The lowest BCUT2D eigenvalue weighted by atomic mass is 10.2. The van der Waals surface area contributed by atoms with Crippen LogP contribution in [0.2, 0.25) is 0 Å². The van der Waals surface area contributed by atoms with Gasteiger partial charge < -0.3 is 5.32 Å². The van der Waals surface area contributed by atoms with Gasteiger partial charge in [-0.15, -0.1) is 0 Å². The van der Waals surface area contributed by atoms with Crippen LogP contribution in [0.1, 0.15) is 20.8 Å². The van der Waals surface area contributed by atoms with Crippen molar-refractivity contribution in [3.05, 3.63) is 28.3 Å². The van der Waals surface area contributed by atoms with E-state index in [1.54, 1.807) is 6.92 Å². The minimum absolute atomic E-state index is 0.0191. The Balaban J connectivity index is 3.19. The highest BCUT2D eigenvalue weighted by Gasteiger charge is 2.21. The number of non-ortho nitro benzene ring substituents is 1. The third kappa shape index (κ3) is 4.17. The Kier molecular flexibility index (Phi) is 5.46. The Labute approximate surface area is 118 Å². The number of benzene rings is 1. The molecule has 20 heavy (non-hydrogen) atoms. The standard InChI is InChI=1S/C12H19N3O4S/c1-4-13-11-7-10(15(16)17)5-6-12(11)20(18,19)14-8-9(2)3/h5-7,9,13-14H,4,8H2,1-3H3. The lowest BCUT2D eigenvalue weighted by Gasteiger charge is -2.13. The minimum Gasteiger partial charge on any atom is -0.384 e. The largest absolute Gasteiger partial charge is 0.384 e. The predicted octanol–water partition coefficient (Wildman–Crippen LogP) is 1.96. The normalized spacial score (nSPS) is 11.6. The van der Waals surface area contributed by atoms with E-state index in [9.17, 15) is 18.5 Å². The first-order valence-corrected chi connectivity index (χ1v) is 7.78. The highest BCUT2D eigenvalue weighted by atomic mass is 32.2. The van der Waals surface area contributed by atoms with Gasteiger partial charge in [-0.05, 0) is 18.9 Å². The zero-order chi connectivity index (χ0) is 15.3. The number of rotatable bonds is 7. The predicted molar refractivity (Wildman–Crippen MR) is 77.3 cm³/mol. The van der Waals surface area contributed by atoms with Crippen molar-refractivity contribution in [1.82, 2.24) is 4.72 Å². The van der Waals surface area contributed by atoms with E-state index in [2.05, 4.69) is 10.0 Å². The fourth-order valence-corrected chi connectivity index (χ4v) is 2.92. The van der Waals surface area contributed by atoms with E-state index in [-0.39, 0.29) is 22.2 Å². The molecule has 0 amide bonds. The van der Waals surface area contributed by atoms with Crippen molar-refractivity contribution in [3.8, 4) is 0 Å². The van der Waals surface area contributed by atoms with Gasteiger partial charge in [-0.1, -0.05) is 13.8 Å². The van der Waals surface area contributed by atoms with Crippen molar-refractivity contribution in [3.63, 3.8) is 0 Å². The SMILES string of the molecule is CCNc1cc([N+](=O)[O-])ccc1S(=O)(=O)NCC(C)C. The summed E-state index contributed by atoms with van der Waals surface area (Å²) in [5.41, 5.74) is 0.0849. The smallest absolute Gasteiger partial charge is 0.271 e. The summed E-state index contributed by atoms with van der Waals surface area (Å²) < 4.78 is 26.9. The molecule has 1 rings (SSSR count). The van der Waals surface area contributed by atoms with Gasteiger partial charge in [-0.2, -0.15) is 0 Å². The Morgan fingerprint density at radius 2 is 2.00 bits per heavy atom. The second-order valence-corrected chi connectivity index (χ2v) is 6.45. The topological polar surface area (TPSA) is 101 Å². The Bertz CT molecular complexity index is 584. The average molecular weight is 301 g/mol. The van der Waals surface area contributed by atoms with Crippen molar-refractivity contribution >= 4 is 21.4 Å². The third-order valence-electron chi connectivity index (χ3n) is 2.51. The number of nitrogens with one attached hydrogen (secondary N) is 2. The number of hydrogen-bond donors (Lipinski definition) is 2. The average Bonchev–Trinajstić information content (AvgIpc) is 2.36. The van der Waals surface area contributed by atoms with Crippen LogP contribution < -0.4 is 10.0 Å². The summed E-state index contributed by atoms with van der Waals surface area (Å²) in [6.45, 7) is 6.35. The molecule has 0 aliphatic heterocycles. The minimum atomic E-state index is -3.69. The Hall–Kier alpha value is -1.67. The molecule has 0 aliphatic carbocycles. The molecule has 0 aromatic heterocycles. The van der Waals surface area contributed by atoms with Crippen LogP contribution in [0.4, 0.5) is 11.4 Å². The van der Waals surface area contributed by atoms with Crippen molar-refractivity contribution in [1.29, 1.82) is 0 Å². The molecule has 2 N–H and O–H groups in total. The van der Waals surface area contributed by atoms with E-state index in [1.807, 2.05) is 13.8 Å². The molecule has 0 fully saturated rings. The molecule has 0 saturated carbocycles. The molecule has 0 radical (unpaired) electrons. The molecule has 0 aliphatic rings. The first-order chi connectivity index (χ1) is 9.27. The van der Waals surface area contributed by atoms with Crippen LogP contribution in [0.3, 0.4) is 0 Å². The van der Waals surface area contributed by atoms with Gasteiger partial charge in [0.25, 0.3) is 5.69 Å². The molecule has 1 aromatic rings. The molecular formula is C12H19N3O4S. The highest BCUT2D eigenvalue weighted by Crippen LogP contribution is 2.26. The van der Waals surface area contributed by atoms with Crippen molar-refractivity contribution < 1.29 is 13.3 Å². The number of anilines is 1. The molecule has 0 spiro atoms. The number of nitro groups is 1. The van der Waals surface area contributed by atoms with E-state index >= 15 is 0 Å². The molecular weight excluding hydrogens is 282 g/mol. The molecule has 0 unspecified atom stereocenters. The van der Waals surface area contributed by atoms with E-state index in [4.69, 9.17) is 0 Å². The number of nitrogens with zero attached hydrogens (tertiary/aromatic N) is 1. The maximum atomic E-state index is 12.2. The van der Waals surface area contributed by atoms with Gasteiger partial charge in [-0.3, -0.25) is 10.1 Å². The number of sulfonamides is 1. The Morgan fingerprint density at radius 3 is 2.50 bits per heavy atom. The van der Waals surface area contributed by atoms with Crippen molar-refractivity contribution in [2.45, 2.75) is 25.7 Å². The summed E-state index contributed by atoms with van der Waals surface area (Å²) in [5, 5.41) is 13.6. The van der Waals surface area contributed by atoms with Gasteiger partial charge in [0.2, 0.25) is 10.0 Å². The van der Waals surface area contributed by atoms with Crippen molar-refractivity contribution in [2.75, 3.05) is 18.4 Å². The summed E-state index contributed by atoms with van der Waals surface area (Å²) in [6, 6.07) is 3.66. The molecule has 8 heteroatoms. The molecule has 7 nitrogen and oxygen atoms in total. The number of hydrogen-bond acceptors (Lipinski definition) is 5. The molecule has 0 heterocycles. The van der Waals surface area contributed by atoms with Crippen LogP contribution in [-0.2, 0) is 10.0 Å². The van der Waals surface area contributed by atoms with Gasteiger partial charge in [-0.25, -0.2) is 13.1 Å². The highest BCUT2D eigenvalue weighted by molar-refractivity contribution is 7.89. The molecule has 0 saturated heterocycles. The Morgan fingerprint density at radius 1 is 1.35 bits per heavy atom. The van der Waals surface area contributed by atoms with Gasteiger partial charge in [0.15, 0.2) is 0 Å². The molecule has 1 aromatic carbocycles. The lowest BCUT2D eigenvalue weighted by molar-refractivity contribution is -0.384. The second-order valence-electron chi connectivity index (χ2n) is 4.71. The lowest BCUT2D eigenvalue weighted by Crippen LogP contribution is -2.28. The zero-order valence-corrected chi connectivity index (χ0v) is 12.5. The van der Waals surface area contributed by atoms with Gasteiger partial charge in [0.1, 0.15) is 4.90 Å². The van der Waals surface area contributed by atoms with Crippen LogP contribution in [0.15, 0.2) is 23.1 Å². The fraction of sp³-hybridized carbons (Fsp3) is 0.500. The maximum Gasteiger partial charge on any atom is 0.271 e. The quantitative estimate of drug-likeness (QED) is 0.592. The first-order valence-electron chi connectivity index (χ1n) is 6.30. The van der Waals surface area contributed by atoms with E-state index in [1.165, 1.54) is 18.2 Å². The summed E-state index contributed by atoms with van der Waals surface area (Å²) in [6.07, 6.45) is 0. The third-order valence-corrected chi connectivity index (χ3v) is 3.99. The number of nitro benzene ring substituents is 1. The van der Waals surface area contributed by atoms with Crippen LogP contribution in [0.5, 0.6) is 0 Å². The first kappa shape index (κ1) is 16.4. The van der Waals surface area contributed by atoms with Crippen LogP contribution in [0.25, 0.3) is 0 Å². The summed E-state index contributed by atoms with van der Waals surface area (Å²) in [5.74, 6) is 0.172. The molecule has 112 valence electrons. The monoisotopic (exact) mass is 301 g/mol. The maximum absolute atomic E-state index is 12.2. The fourth-order valence-electron chi connectivity index (χ4n) is 1.55. The van der Waals surface area contributed by atoms with E-state index in [0.29, 0.717) is 13.1 Å². The van der Waals surface area contributed by atoms with Crippen LogP contribution >= 0.6 is 0 Å². The summed E-state index contributed by atoms with van der Waals surface area (Å²) >= 11 is 0. The van der Waals surface area contributed by atoms with Gasteiger partial charge in [0.05, 0.1) is 10.6 Å². The van der Waals surface area contributed by atoms with Crippen LogP contribution in [0, 0.1) is 16.0 Å². The van der Waals surface area contributed by atoms with E-state index in [0.717, 1.165) is 0 Å². The molecule has 0 bridgehead atoms. The molecule has 0 atom stereocenters. The van der Waals surface area contributed by atoms with Crippen LogP contribution in [-0.4, -0.2) is 26.4 Å². The van der Waals surface area contributed by atoms with Gasteiger partial charge >= 0.3 is 0 Å². The second kappa shape index (κ2) is 6.67. The zero-order valence-electron chi connectivity index (χ0n) is 11.7. The van der Waals surface area contributed by atoms with Gasteiger partial charge in [0, 0.05) is 25.2 Å².